The predicted octanol–water partition coefficient (Wildman–Crippen LogP) is 3.64. The molecule has 3 nitrogen and oxygen atoms in total. The molecule has 0 unspecified atom stereocenters. The highest BCUT2D eigenvalue weighted by molar-refractivity contribution is 6.30. The summed E-state index contributed by atoms with van der Waals surface area (Å²) in [6.07, 6.45) is 4.23. The summed E-state index contributed by atoms with van der Waals surface area (Å²) in [5.74, 6) is 0.158. The topological polar surface area (TPSA) is 33.2 Å². The lowest BCUT2D eigenvalue weighted by Gasteiger charge is -2.24. The third-order valence-corrected chi connectivity index (χ3v) is 4.12. The second kappa shape index (κ2) is 6.27. The van der Waals surface area contributed by atoms with Crippen molar-refractivity contribution in [3.05, 3.63) is 64.9 Å². The summed E-state index contributed by atoms with van der Waals surface area (Å²) in [5, 5.41) is 0.693. The van der Waals surface area contributed by atoms with Crippen molar-refractivity contribution in [1.82, 2.24) is 9.88 Å². The van der Waals surface area contributed by atoms with Crippen molar-refractivity contribution >= 4 is 17.5 Å². The van der Waals surface area contributed by atoms with Crippen molar-refractivity contribution in [1.29, 1.82) is 0 Å². The molecule has 2 aromatic rings. The zero-order chi connectivity index (χ0) is 14.7. The minimum atomic E-state index is 0.117. The van der Waals surface area contributed by atoms with Gasteiger partial charge in [-0.25, -0.2) is 0 Å². The number of amides is 1. The first kappa shape index (κ1) is 14.1. The van der Waals surface area contributed by atoms with Crippen LogP contribution in [0, 0.1) is 0 Å². The van der Waals surface area contributed by atoms with E-state index in [4.69, 9.17) is 11.6 Å². The molecule has 0 bridgehead atoms. The molecule has 1 saturated heterocycles. The van der Waals surface area contributed by atoms with E-state index in [9.17, 15) is 4.79 Å². The summed E-state index contributed by atoms with van der Waals surface area (Å²) in [6, 6.07) is 13.5. The summed E-state index contributed by atoms with van der Waals surface area (Å²) >= 11 is 5.87. The Bertz CT molecular complexity index is 612. The zero-order valence-electron chi connectivity index (χ0n) is 11.7. The highest BCUT2D eigenvalue weighted by Crippen LogP contribution is 2.31. The van der Waals surface area contributed by atoms with E-state index in [-0.39, 0.29) is 11.9 Å². The second-order valence-corrected chi connectivity index (χ2v) is 5.74. The summed E-state index contributed by atoms with van der Waals surface area (Å²) in [4.78, 5) is 18.9. The Balaban J connectivity index is 1.73. The van der Waals surface area contributed by atoms with E-state index in [0.29, 0.717) is 11.4 Å². The van der Waals surface area contributed by atoms with Crippen LogP contribution >= 0.6 is 11.6 Å². The monoisotopic (exact) mass is 300 g/mol. The molecular formula is C17H17ClN2O. The lowest BCUT2D eigenvalue weighted by atomic mass is 10.1. The van der Waals surface area contributed by atoms with Crippen LogP contribution in [0.2, 0.25) is 5.02 Å². The fourth-order valence-corrected chi connectivity index (χ4v) is 2.95. The predicted molar refractivity (Wildman–Crippen MR) is 83.1 cm³/mol. The summed E-state index contributed by atoms with van der Waals surface area (Å²) in [6.45, 7) is 0.813. The molecule has 1 aliphatic rings. The number of pyridine rings is 1. The van der Waals surface area contributed by atoms with Crippen molar-refractivity contribution in [2.75, 3.05) is 6.54 Å². The number of nitrogens with zero attached hydrogens (tertiary/aromatic N) is 2. The van der Waals surface area contributed by atoms with Gasteiger partial charge in [-0.1, -0.05) is 29.8 Å². The van der Waals surface area contributed by atoms with Crippen molar-refractivity contribution < 1.29 is 4.79 Å². The molecule has 1 aromatic heterocycles. The Morgan fingerprint density at radius 3 is 2.76 bits per heavy atom. The number of rotatable bonds is 3. The van der Waals surface area contributed by atoms with Gasteiger partial charge >= 0.3 is 0 Å². The molecule has 1 atom stereocenters. The third kappa shape index (κ3) is 3.24. The Kier molecular flexibility index (Phi) is 4.20. The highest BCUT2D eigenvalue weighted by atomic mass is 35.5. The van der Waals surface area contributed by atoms with E-state index in [1.54, 1.807) is 6.20 Å². The first-order chi connectivity index (χ1) is 10.2. The Hall–Kier alpha value is -1.87. The van der Waals surface area contributed by atoms with Crippen LogP contribution in [-0.4, -0.2) is 22.3 Å². The molecule has 0 radical (unpaired) electrons. The fourth-order valence-electron chi connectivity index (χ4n) is 2.82. The Labute approximate surface area is 129 Å². The average Bonchev–Trinajstić information content (AvgIpc) is 3.00. The summed E-state index contributed by atoms with van der Waals surface area (Å²) in [7, 11) is 0. The maximum absolute atomic E-state index is 12.5. The lowest BCUT2D eigenvalue weighted by Crippen LogP contribution is -2.32. The van der Waals surface area contributed by atoms with Gasteiger partial charge in [-0.2, -0.15) is 0 Å². The largest absolute Gasteiger partial charge is 0.334 e. The van der Waals surface area contributed by atoms with Gasteiger partial charge in [0.2, 0.25) is 5.91 Å². The minimum Gasteiger partial charge on any atom is -0.334 e. The molecule has 0 spiro atoms. The van der Waals surface area contributed by atoms with Gasteiger partial charge in [-0.15, -0.1) is 0 Å². The molecular weight excluding hydrogens is 284 g/mol. The second-order valence-electron chi connectivity index (χ2n) is 5.30. The first-order valence-corrected chi connectivity index (χ1v) is 7.56. The van der Waals surface area contributed by atoms with Crippen LogP contribution in [0.1, 0.15) is 30.1 Å². The molecule has 1 amide bonds. The number of likely N-dealkylation sites (tertiary alicyclic amines) is 1. The normalized spacial score (nSPS) is 18.0. The fraction of sp³-hybridized carbons (Fsp3) is 0.294. The van der Waals surface area contributed by atoms with E-state index in [0.717, 1.165) is 30.6 Å². The first-order valence-electron chi connectivity index (χ1n) is 7.19. The van der Waals surface area contributed by atoms with Gasteiger partial charge < -0.3 is 4.90 Å². The van der Waals surface area contributed by atoms with Gasteiger partial charge in [0, 0.05) is 17.8 Å². The van der Waals surface area contributed by atoms with Crippen LogP contribution < -0.4 is 0 Å². The maximum atomic E-state index is 12.5. The van der Waals surface area contributed by atoms with E-state index in [1.807, 2.05) is 47.4 Å². The van der Waals surface area contributed by atoms with Crippen LogP contribution in [-0.2, 0) is 11.2 Å². The highest BCUT2D eigenvalue weighted by Gasteiger charge is 2.30. The quantitative estimate of drug-likeness (QED) is 0.867. The lowest BCUT2D eigenvalue weighted by molar-refractivity contribution is -0.131. The van der Waals surface area contributed by atoms with Crippen LogP contribution in [0.5, 0.6) is 0 Å². The molecule has 2 heterocycles. The third-order valence-electron chi connectivity index (χ3n) is 3.87. The molecule has 1 aromatic carbocycles. The average molecular weight is 301 g/mol. The zero-order valence-corrected chi connectivity index (χ0v) is 12.5. The molecule has 108 valence electrons. The molecule has 4 heteroatoms. The van der Waals surface area contributed by atoms with Gasteiger partial charge in [0.05, 0.1) is 18.2 Å². The molecule has 21 heavy (non-hydrogen) atoms. The van der Waals surface area contributed by atoms with E-state index in [2.05, 4.69) is 4.98 Å². The Morgan fingerprint density at radius 2 is 2.05 bits per heavy atom. The van der Waals surface area contributed by atoms with Crippen LogP contribution in [0.4, 0.5) is 0 Å². The van der Waals surface area contributed by atoms with Crippen molar-refractivity contribution in [3.63, 3.8) is 0 Å². The molecule has 0 N–H and O–H groups in total. The number of hydrogen-bond donors (Lipinski definition) is 0. The molecule has 0 saturated carbocycles. The SMILES string of the molecule is O=C(Cc1ccc(Cl)cc1)N1CCC[C@H]1c1ccccn1. The van der Waals surface area contributed by atoms with Gasteiger partial charge in [-0.05, 0) is 42.7 Å². The number of carbonyl (C=O) groups excluding carboxylic acids is 1. The minimum absolute atomic E-state index is 0.117. The number of halogens is 1. The number of hydrogen-bond acceptors (Lipinski definition) is 2. The van der Waals surface area contributed by atoms with Crippen LogP contribution in [0.15, 0.2) is 48.7 Å². The van der Waals surface area contributed by atoms with Gasteiger partial charge in [-0.3, -0.25) is 9.78 Å². The Morgan fingerprint density at radius 1 is 1.24 bits per heavy atom. The van der Waals surface area contributed by atoms with Gasteiger partial charge in [0.15, 0.2) is 0 Å². The van der Waals surface area contributed by atoms with Crippen molar-refractivity contribution in [3.8, 4) is 0 Å². The van der Waals surface area contributed by atoms with E-state index >= 15 is 0 Å². The molecule has 1 aliphatic heterocycles. The van der Waals surface area contributed by atoms with E-state index in [1.165, 1.54) is 0 Å². The number of aromatic nitrogens is 1. The van der Waals surface area contributed by atoms with Gasteiger partial charge in [0.25, 0.3) is 0 Å². The van der Waals surface area contributed by atoms with Crippen molar-refractivity contribution in [2.45, 2.75) is 25.3 Å². The summed E-state index contributed by atoms with van der Waals surface area (Å²) in [5.41, 5.74) is 1.98. The van der Waals surface area contributed by atoms with Gasteiger partial charge in [0.1, 0.15) is 0 Å². The van der Waals surface area contributed by atoms with E-state index < -0.39 is 0 Å². The molecule has 1 fully saturated rings. The molecule has 3 rings (SSSR count). The summed E-state index contributed by atoms with van der Waals surface area (Å²) < 4.78 is 0. The smallest absolute Gasteiger partial charge is 0.227 e. The van der Waals surface area contributed by atoms with Crippen LogP contribution in [0.25, 0.3) is 0 Å². The maximum Gasteiger partial charge on any atom is 0.227 e. The van der Waals surface area contributed by atoms with Crippen molar-refractivity contribution in [2.24, 2.45) is 0 Å². The number of benzene rings is 1. The standard InChI is InChI=1S/C17H17ClN2O/c18-14-8-6-13(7-9-14)12-17(21)20-11-3-5-16(20)15-4-1-2-10-19-15/h1-2,4,6-10,16H,3,5,11-12H2/t16-/m0/s1. The number of carbonyl (C=O) groups is 1. The molecule has 0 aliphatic carbocycles. The van der Waals surface area contributed by atoms with Crippen LogP contribution in [0.3, 0.4) is 0 Å².